The summed E-state index contributed by atoms with van der Waals surface area (Å²) < 4.78 is 0. The molecule has 0 bridgehead atoms. The number of hydrogen-bond acceptors (Lipinski definition) is 6. The SMILES string of the molecule is c1cc2nc(-c3cnc([C@@H]4C[C@@H]5C[C@H]5N4)[nH]3)cnc2cc1-c1ccc2nc([C@@H]3C[C@@H]4C[C@H]4N3)[nH]c2c1. The molecular formula is C28H26N8. The molecule has 6 atom stereocenters. The van der Waals surface area contributed by atoms with E-state index in [9.17, 15) is 0 Å². The van der Waals surface area contributed by atoms with Gasteiger partial charge in [-0.05, 0) is 72.9 Å². The predicted molar refractivity (Wildman–Crippen MR) is 137 cm³/mol. The standard InChI is InChI=1S/C28H26N8/c1-3-17-21(29-11-25(31-17)26-12-30-27(36-26)23-9-15-7-19(15)32-23)5-13(1)14-2-4-18-22(6-14)35-28(34-18)24-10-16-8-20(16)33-24/h1-6,11-12,15-16,19-20,23-24,32-33H,7-10H2,(H,30,36)(H,34,35)/t15-,16-,19+,20+,23-,24-/m0/s1. The van der Waals surface area contributed by atoms with E-state index in [0.29, 0.717) is 24.2 Å². The first kappa shape index (κ1) is 19.6. The van der Waals surface area contributed by atoms with Crippen molar-refractivity contribution in [2.75, 3.05) is 0 Å². The van der Waals surface area contributed by atoms with Crippen LogP contribution in [0.1, 0.15) is 49.4 Å². The molecule has 4 fully saturated rings. The lowest BCUT2D eigenvalue weighted by Gasteiger charge is -2.09. The van der Waals surface area contributed by atoms with Crippen LogP contribution in [-0.2, 0) is 0 Å². The number of benzene rings is 2. The van der Waals surface area contributed by atoms with Gasteiger partial charge in [-0.15, -0.1) is 0 Å². The van der Waals surface area contributed by atoms with E-state index in [1.807, 2.05) is 12.4 Å². The van der Waals surface area contributed by atoms with Crippen molar-refractivity contribution in [2.24, 2.45) is 11.8 Å². The van der Waals surface area contributed by atoms with Gasteiger partial charge in [0, 0.05) is 12.1 Å². The van der Waals surface area contributed by atoms with Gasteiger partial charge in [-0.2, -0.15) is 0 Å². The molecule has 0 amide bonds. The summed E-state index contributed by atoms with van der Waals surface area (Å²) in [5.74, 6) is 3.76. The Morgan fingerprint density at radius 1 is 0.639 bits per heavy atom. The highest BCUT2D eigenvalue weighted by atomic mass is 15.1. The van der Waals surface area contributed by atoms with E-state index in [4.69, 9.17) is 15.0 Å². The zero-order chi connectivity index (χ0) is 23.4. The fraction of sp³-hybridized carbons (Fsp3) is 0.357. The molecule has 8 nitrogen and oxygen atoms in total. The molecule has 2 aliphatic heterocycles. The first-order chi connectivity index (χ1) is 17.7. The minimum absolute atomic E-state index is 0.335. The predicted octanol–water partition coefficient (Wildman–Crippen LogP) is 4.41. The molecule has 0 unspecified atom stereocenters. The molecule has 2 saturated carbocycles. The normalized spacial score (nSPS) is 30.1. The van der Waals surface area contributed by atoms with E-state index in [-0.39, 0.29) is 0 Å². The number of rotatable bonds is 4. The summed E-state index contributed by atoms with van der Waals surface area (Å²) in [7, 11) is 0. The number of nitrogens with zero attached hydrogens (tertiary/aromatic N) is 4. The number of fused-ring (bicyclic) bond motifs is 4. The van der Waals surface area contributed by atoms with E-state index in [0.717, 1.165) is 68.1 Å². The molecule has 2 aliphatic carbocycles. The molecule has 5 heterocycles. The number of aromatic nitrogens is 6. The summed E-state index contributed by atoms with van der Waals surface area (Å²) in [5, 5.41) is 7.34. The molecule has 3 aromatic heterocycles. The highest BCUT2D eigenvalue weighted by molar-refractivity contribution is 5.86. The summed E-state index contributed by atoms with van der Waals surface area (Å²) in [6.45, 7) is 0. The average molecular weight is 475 g/mol. The van der Waals surface area contributed by atoms with Crippen LogP contribution in [0.5, 0.6) is 0 Å². The Morgan fingerprint density at radius 3 is 2.17 bits per heavy atom. The van der Waals surface area contributed by atoms with Crippen molar-refractivity contribution in [1.29, 1.82) is 0 Å². The molecule has 9 rings (SSSR count). The van der Waals surface area contributed by atoms with E-state index >= 15 is 0 Å². The average Bonchev–Trinajstić information content (AvgIpc) is 3.49. The third kappa shape index (κ3) is 3.07. The minimum atomic E-state index is 0.335. The number of hydrogen-bond donors (Lipinski definition) is 4. The maximum Gasteiger partial charge on any atom is 0.124 e. The van der Waals surface area contributed by atoms with Crippen LogP contribution in [0, 0.1) is 11.8 Å². The molecule has 4 N–H and O–H groups in total. The van der Waals surface area contributed by atoms with Crippen LogP contribution >= 0.6 is 0 Å². The lowest BCUT2D eigenvalue weighted by Crippen LogP contribution is -2.18. The number of aromatic amines is 2. The summed E-state index contributed by atoms with van der Waals surface area (Å²) in [4.78, 5) is 26.1. The number of H-pyrrole nitrogens is 2. The van der Waals surface area contributed by atoms with Crippen molar-refractivity contribution in [2.45, 2.75) is 49.9 Å². The van der Waals surface area contributed by atoms with Gasteiger partial charge in [0.15, 0.2) is 0 Å². The molecule has 2 saturated heterocycles. The number of nitrogens with one attached hydrogen (secondary N) is 4. The quantitative estimate of drug-likeness (QED) is 0.307. The van der Waals surface area contributed by atoms with Crippen LogP contribution < -0.4 is 10.6 Å². The van der Waals surface area contributed by atoms with Crippen molar-refractivity contribution < 1.29 is 0 Å². The molecule has 2 aromatic carbocycles. The first-order valence-electron chi connectivity index (χ1n) is 13.1. The van der Waals surface area contributed by atoms with Crippen LogP contribution in [0.3, 0.4) is 0 Å². The van der Waals surface area contributed by atoms with Crippen molar-refractivity contribution in [3.63, 3.8) is 0 Å². The van der Waals surface area contributed by atoms with Gasteiger partial charge in [-0.1, -0.05) is 12.1 Å². The van der Waals surface area contributed by atoms with Crippen LogP contribution in [0.4, 0.5) is 0 Å². The molecule has 178 valence electrons. The molecule has 8 heteroatoms. The Hall–Kier alpha value is -3.62. The zero-order valence-electron chi connectivity index (χ0n) is 19.7. The maximum atomic E-state index is 4.87. The van der Waals surface area contributed by atoms with E-state index < -0.39 is 0 Å². The second-order valence-electron chi connectivity index (χ2n) is 11.1. The van der Waals surface area contributed by atoms with Crippen molar-refractivity contribution in [3.05, 3.63) is 60.4 Å². The highest BCUT2D eigenvalue weighted by Crippen LogP contribution is 2.46. The fourth-order valence-corrected chi connectivity index (χ4v) is 6.40. The van der Waals surface area contributed by atoms with Gasteiger partial charge in [-0.25, -0.2) is 15.0 Å². The fourth-order valence-electron chi connectivity index (χ4n) is 6.40. The third-order valence-electron chi connectivity index (χ3n) is 8.66. The molecule has 0 spiro atoms. The second-order valence-corrected chi connectivity index (χ2v) is 11.1. The summed E-state index contributed by atoms with van der Waals surface area (Å²) >= 11 is 0. The van der Waals surface area contributed by atoms with Crippen molar-refractivity contribution in [3.8, 4) is 22.5 Å². The van der Waals surface area contributed by atoms with Crippen molar-refractivity contribution in [1.82, 2.24) is 40.5 Å². The largest absolute Gasteiger partial charge is 0.341 e. The van der Waals surface area contributed by atoms with E-state index in [2.05, 4.69) is 62.0 Å². The van der Waals surface area contributed by atoms with Crippen molar-refractivity contribution >= 4 is 22.1 Å². The van der Waals surface area contributed by atoms with Gasteiger partial charge >= 0.3 is 0 Å². The van der Waals surface area contributed by atoms with E-state index in [1.165, 1.54) is 25.7 Å². The van der Waals surface area contributed by atoms with Gasteiger partial charge in [0.25, 0.3) is 0 Å². The zero-order valence-corrected chi connectivity index (χ0v) is 19.7. The highest BCUT2D eigenvalue weighted by Gasteiger charge is 2.47. The molecular weight excluding hydrogens is 448 g/mol. The van der Waals surface area contributed by atoms with Crippen LogP contribution in [0.25, 0.3) is 44.6 Å². The maximum absolute atomic E-state index is 4.87. The lowest BCUT2D eigenvalue weighted by atomic mass is 10.0. The second kappa shape index (κ2) is 6.99. The van der Waals surface area contributed by atoms with Crippen LogP contribution in [0.2, 0.25) is 0 Å². The van der Waals surface area contributed by atoms with Gasteiger partial charge < -0.3 is 20.6 Å². The molecule has 0 radical (unpaired) electrons. The first-order valence-corrected chi connectivity index (χ1v) is 13.1. The number of piperidine rings is 2. The smallest absolute Gasteiger partial charge is 0.124 e. The van der Waals surface area contributed by atoms with Gasteiger partial charge in [0.2, 0.25) is 0 Å². The van der Waals surface area contributed by atoms with Crippen LogP contribution in [0.15, 0.2) is 48.8 Å². The van der Waals surface area contributed by atoms with E-state index in [1.54, 1.807) is 0 Å². The molecule has 36 heavy (non-hydrogen) atoms. The Bertz CT molecular complexity index is 1650. The van der Waals surface area contributed by atoms with Gasteiger partial charge in [-0.3, -0.25) is 4.98 Å². The van der Waals surface area contributed by atoms with Gasteiger partial charge in [0.05, 0.1) is 52.2 Å². The lowest BCUT2D eigenvalue weighted by molar-refractivity contribution is 0.543. The van der Waals surface area contributed by atoms with Crippen LogP contribution in [-0.4, -0.2) is 42.0 Å². The monoisotopic (exact) mass is 474 g/mol. The summed E-state index contributed by atoms with van der Waals surface area (Å²) in [5.41, 5.74) is 7.87. The Kier molecular flexibility index (Phi) is 3.80. The minimum Gasteiger partial charge on any atom is -0.341 e. The Morgan fingerprint density at radius 2 is 1.39 bits per heavy atom. The third-order valence-corrected chi connectivity index (χ3v) is 8.66. The molecule has 5 aromatic rings. The van der Waals surface area contributed by atoms with Gasteiger partial charge in [0.1, 0.15) is 17.3 Å². The number of imidazole rings is 2. The summed E-state index contributed by atoms with van der Waals surface area (Å²) in [6.07, 6.45) is 8.73. The topological polar surface area (TPSA) is 107 Å². The Labute approximate surface area is 207 Å². The Balaban J connectivity index is 0.999. The molecule has 4 aliphatic rings. The summed E-state index contributed by atoms with van der Waals surface area (Å²) in [6, 6.07) is 14.8.